The lowest BCUT2D eigenvalue weighted by Gasteiger charge is -2.28. The van der Waals surface area contributed by atoms with Gasteiger partial charge in [-0.2, -0.15) is 0 Å². The van der Waals surface area contributed by atoms with Crippen LogP contribution < -0.4 is 11.3 Å². The first-order chi connectivity index (χ1) is 8.72. The largest absolute Gasteiger partial charge is 0.375 e. The van der Waals surface area contributed by atoms with Crippen LogP contribution in [0.25, 0.3) is 0 Å². The molecule has 0 amide bonds. The van der Waals surface area contributed by atoms with Crippen LogP contribution in [0.5, 0.6) is 0 Å². The number of benzene rings is 1. The van der Waals surface area contributed by atoms with E-state index in [-0.39, 0.29) is 12.1 Å². The molecule has 0 aliphatic carbocycles. The second kappa shape index (κ2) is 8.25. The zero-order chi connectivity index (χ0) is 13.4. The van der Waals surface area contributed by atoms with Gasteiger partial charge in [0.2, 0.25) is 0 Å². The van der Waals surface area contributed by atoms with E-state index in [1.54, 1.807) is 7.11 Å². The predicted molar refractivity (Wildman–Crippen MR) is 76.0 cm³/mol. The summed E-state index contributed by atoms with van der Waals surface area (Å²) in [6.07, 6.45) is 3.47. The van der Waals surface area contributed by atoms with Crippen LogP contribution in [0.3, 0.4) is 0 Å². The Morgan fingerprint density at radius 2 is 1.94 bits per heavy atom. The van der Waals surface area contributed by atoms with Crippen molar-refractivity contribution in [2.75, 3.05) is 7.11 Å². The Labute approximate surface area is 111 Å². The van der Waals surface area contributed by atoms with Gasteiger partial charge < -0.3 is 4.74 Å². The van der Waals surface area contributed by atoms with Crippen molar-refractivity contribution < 1.29 is 4.74 Å². The molecule has 0 fully saturated rings. The minimum Gasteiger partial charge on any atom is -0.375 e. The van der Waals surface area contributed by atoms with E-state index in [1.807, 2.05) is 18.2 Å². The molecule has 0 aliphatic heterocycles. The molecule has 3 nitrogen and oxygen atoms in total. The fraction of sp³-hybridized carbons (Fsp3) is 0.600. The van der Waals surface area contributed by atoms with Gasteiger partial charge in [-0.25, -0.2) is 0 Å². The maximum atomic E-state index is 5.70. The van der Waals surface area contributed by atoms with Gasteiger partial charge in [0.15, 0.2) is 0 Å². The third-order valence-corrected chi connectivity index (χ3v) is 3.40. The Bertz CT molecular complexity index is 316. The van der Waals surface area contributed by atoms with Crippen LogP contribution >= 0.6 is 0 Å². The zero-order valence-corrected chi connectivity index (χ0v) is 11.7. The highest BCUT2D eigenvalue weighted by atomic mass is 16.5. The summed E-state index contributed by atoms with van der Waals surface area (Å²) in [6, 6.07) is 10.4. The van der Waals surface area contributed by atoms with Gasteiger partial charge >= 0.3 is 0 Å². The molecule has 3 unspecified atom stereocenters. The molecule has 0 spiro atoms. The molecule has 1 rings (SSSR count). The molecule has 0 aromatic heterocycles. The molecule has 102 valence electrons. The number of hydrogen-bond donors (Lipinski definition) is 2. The van der Waals surface area contributed by atoms with Crippen molar-refractivity contribution in [1.82, 2.24) is 5.43 Å². The molecule has 3 N–H and O–H groups in total. The second-order valence-corrected chi connectivity index (χ2v) is 4.97. The van der Waals surface area contributed by atoms with Crippen molar-refractivity contribution in [3.05, 3.63) is 35.9 Å². The second-order valence-electron chi connectivity index (χ2n) is 4.97. The number of ether oxygens (including phenoxy) is 1. The first-order valence-electron chi connectivity index (χ1n) is 6.76. The van der Waals surface area contributed by atoms with E-state index in [0.717, 1.165) is 6.42 Å². The molecule has 0 radical (unpaired) electrons. The van der Waals surface area contributed by atoms with Crippen LogP contribution in [0, 0.1) is 5.92 Å². The van der Waals surface area contributed by atoms with Gasteiger partial charge in [-0.3, -0.25) is 11.3 Å². The molecule has 0 saturated carbocycles. The summed E-state index contributed by atoms with van der Waals surface area (Å²) in [6.45, 7) is 4.48. The highest BCUT2D eigenvalue weighted by Gasteiger charge is 2.23. The minimum atomic E-state index is 0.00973. The normalized spacial score (nSPS) is 16.2. The zero-order valence-electron chi connectivity index (χ0n) is 11.7. The Balaban J connectivity index is 2.72. The molecular weight excluding hydrogens is 224 g/mol. The van der Waals surface area contributed by atoms with Crippen LogP contribution in [-0.2, 0) is 4.74 Å². The van der Waals surface area contributed by atoms with Crippen LogP contribution in [0.4, 0.5) is 0 Å². The molecule has 1 aromatic carbocycles. The SMILES string of the molecule is CCCC(C)CC(NN)C(OC)c1ccccc1. The van der Waals surface area contributed by atoms with E-state index in [2.05, 4.69) is 31.4 Å². The lowest BCUT2D eigenvalue weighted by atomic mass is 9.91. The first kappa shape index (κ1) is 15.2. The van der Waals surface area contributed by atoms with Gasteiger partial charge in [-0.1, -0.05) is 57.0 Å². The van der Waals surface area contributed by atoms with Crippen molar-refractivity contribution in [3.63, 3.8) is 0 Å². The summed E-state index contributed by atoms with van der Waals surface area (Å²) in [4.78, 5) is 0. The van der Waals surface area contributed by atoms with Crippen molar-refractivity contribution in [2.24, 2.45) is 11.8 Å². The van der Waals surface area contributed by atoms with Crippen LogP contribution in [-0.4, -0.2) is 13.2 Å². The van der Waals surface area contributed by atoms with Crippen LogP contribution in [0.1, 0.15) is 44.8 Å². The lowest BCUT2D eigenvalue weighted by Crippen LogP contribution is -2.41. The monoisotopic (exact) mass is 250 g/mol. The van der Waals surface area contributed by atoms with Gasteiger partial charge in [0.05, 0.1) is 12.1 Å². The average Bonchev–Trinajstić information content (AvgIpc) is 2.40. The van der Waals surface area contributed by atoms with Crippen LogP contribution in [0.15, 0.2) is 30.3 Å². The van der Waals surface area contributed by atoms with E-state index in [4.69, 9.17) is 10.6 Å². The van der Waals surface area contributed by atoms with Gasteiger partial charge in [-0.15, -0.1) is 0 Å². The number of hydrogen-bond acceptors (Lipinski definition) is 3. The summed E-state index contributed by atoms with van der Waals surface area (Å²) in [5.74, 6) is 6.35. The molecule has 0 aliphatic rings. The molecular formula is C15H26N2O. The molecule has 1 aromatic rings. The van der Waals surface area contributed by atoms with Crippen molar-refractivity contribution in [1.29, 1.82) is 0 Å². The van der Waals surface area contributed by atoms with Gasteiger partial charge in [0, 0.05) is 7.11 Å². The minimum absolute atomic E-state index is 0.00973. The van der Waals surface area contributed by atoms with Gasteiger partial charge in [0.1, 0.15) is 0 Å². The average molecular weight is 250 g/mol. The molecule has 18 heavy (non-hydrogen) atoms. The third kappa shape index (κ3) is 4.41. The number of methoxy groups -OCH3 is 1. The third-order valence-electron chi connectivity index (χ3n) is 3.40. The Hall–Kier alpha value is -0.900. The van der Waals surface area contributed by atoms with E-state index < -0.39 is 0 Å². The van der Waals surface area contributed by atoms with E-state index in [9.17, 15) is 0 Å². The molecule has 0 heterocycles. The number of nitrogens with two attached hydrogens (primary N) is 1. The Kier molecular flexibility index (Phi) is 6.94. The maximum absolute atomic E-state index is 5.70. The molecule has 3 atom stereocenters. The molecule has 0 bridgehead atoms. The summed E-state index contributed by atoms with van der Waals surface area (Å²) < 4.78 is 5.63. The number of hydrazine groups is 1. The smallest absolute Gasteiger partial charge is 0.0987 e. The van der Waals surface area contributed by atoms with E-state index in [1.165, 1.54) is 18.4 Å². The molecule has 0 saturated heterocycles. The Morgan fingerprint density at radius 1 is 1.28 bits per heavy atom. The number of rotatable bonds is 8. The predicted octanol–water partition coefficient (Wildman–Crippen LogP) is 3.03. The lowest BCUT2D eigenvalue weighted by molar-refractivity contribution is 0.0593. The van der Waals surface area contributed by atoms with Crippen molar-refractivity contribution >= 4 is 0 Å². The topological polar surface area (TPSA) is 47.3 Å². The summed E-state index contributed by atoms with van der Waals surface area (Å²) in [5, 5.41) is 0. The van der Waals surface area contributed by atoms with Crippen LogP contribution in [0.2, 0.25) is 0 Å². The van der Waals surface area contributed by atoms with Gasteiger partial charge in [0.25, 0.3) is 0 Å². The summed E-state index contributed by atoms with van der Waals surface area (Å²) >= 11 is 0. The van der Waals surface area contributed by atoms with Crippen molar-refractivity contribution in [2.45, 2.75) is 45.3 Å². The van der Waals surface area contributed by atoms with Crippen molar-refractivity contribution in [3.8, 4) is 0 Å². The summed E-state index contributed by atoms with van der Waals surface area (Å²) in [7, 11) is 1.74. The highest BCUT2D eigenvalue weighted by molar-refractivity contribution is 5.19. The quantitative estimate of drug-likeness (QED) is 0.550. The first-order valence-corrected chi connectivity index (χ1v) is 6.76. The maximum Gasteiger partial charge on any atom is 0.0987 e. The van der Waals surface area contributed by atoms with E-state index in [0.29, 0.717) is 5.92 Å². The Morgan fingerprint density at radius 3 is 2.44 bits per heavy atom. The fourth-order valence-electron chi connectivity index (χ4n) is 2.50. The number of nitrogens with one attached hydrogen (secondary N) is 1. The van der Waals surface area contributed by atoms with E-state index >= 15 is 0 Å². The summed E-state index contributed by atoms with van der Waals surface area (Å²) in [5.41, 5.74) is 4.09. The fourth-order valence-corrected chi connectivity index (χ4v) is 2.50. The molecule has 3 heteroatoms. The highest BCUT2D eigenvalue weighted by Crippen LogP contribution is 2.25. The van der Waals surface area contributed by atoms with Gasteiger partial charge in [-0.05, 0) is 17.9 Å². The standard InChI is InChI=1S/C15H26N2O/c1-4-8-12(2)11-14(17-16)15(18-3)13-9-6-5-7-10-13/h5-7,9-10,12,14-15,17H,4,8,11,16H2,1-3H3.